The molecular formula is C22H29F2IN4O3. The Morgan fingerprint density at radius 3 is 2.16 bits per heavy atom. The molecule has 0 unspecified atom stereocenters. The van der Waals surface area contributed by atoms with E-state index in [4.69, 9.17) is 4.74 Å². The lowest BCUT2D eigenvalue weighted by molar-refractivity contribution is -0.0514. The van der Waals surface area contributed by atoms with Crippen molar-refractivity contribution in [3.63, 3.8) is 0 Å². The van der Waals surface area contributed by atoms with E-state index in [1.54, 1.807) is 52.3 Å². The number of hydrogen-bond acceptors (Lipinski definition) is 4. The molecule has 2 aromatic rings. The van der Waals surface area contributed by atoms with Gasteiger partial charge in [0, 0.05) is 39.8 Å². The largest absolute Gasteiger partial charge is 0.490 e. The van der Waals surface area contributed by atoms with Gasteiger partial charge in [0.05, 0.1) is 6.61 Å². The lowest BCUT2D eigenvalue weighted by Gasteiger charge is -2.15. The first-order chi connectivity index (χ1) is 14.8. The summed E-state index contributed by atoms with van der Waals surface area (Å²) < 4.78 is 34.9. The minimum Gasteiger partial charge on any atom is -0.490 e. The zero-order valence-electron chi connectivity index (χ0n) is 18.5. The predicted molar refractivity (Wildman–Crippen MR) is 131 cm³/mol. The number of rotatable bonds is 9. The number of aliphatic imine (C=N–C) groups is 1. The molecule has 0 aliphatic heterocycles. The topological polar surface area (TPSA) is 75.2 Å². The normalized spacial score (nSPS) is 10.9. The Morgan fingerprint density at radius 1 is 1.03 bits per heavy atom. The Morgan fingerprint density at radius 2 is 1.62 bits per heavy atom. The molecule has 0 bridgehead atoms. The predicted octanol–water partition coefficient (Wildman–Crippen LogP) is 3.87. The Labute approximate surface area is 204 Å². The molecule has 0 radical (unpaired) electrons. The summed E-state index contributed by atoms with van der Waals surface area (Å²) in [6.07, 6.45) is 0. The van der Waals surface area contributed by atoms with Gasteiger partial charge in [0.25, 0.3) is 5.91 Å². The number of halogens is 3. The molecule has 2 rings (SSSR count). The van der Waals surface area contributed by atoms with E-state index in [2.05, 4.69) is 20.4 Å². The van der Waals surface area contributed by atoms with Gasteiger partial charge in [0.2, 0.25) is 0 Å². The lowest BCUT2D eigenvalue weighted by atomic mass is 10.1. The number of benzene rings is 2. The van der Waals surface area contributed by atoms with Crippen molar-refractivity contribution in [3.8, 4) is 11.5 Å². The van der Waals surface area contributed by atoms with E-state index in [0.29, 0.717) is 31.2 Å². The Bertz CT molecular complexity index is 893. The van der Waals surface area contributed by atoms with E-state index in [9.17, 15) is 13.6 Å². The molecule has 0 heterocycles. The van der Waals surface area contributed by atoms with Crippen LogP contribution in [0.4, 0.5) is 8.78 Å². The Hall–Kier alpha value is -2.63. The van der Waals surface area contributed by atoms with Gasteiger partial charge in [-0.2, -0.15) is 8.78 Å². The molecule has 176 valence electrons. The molecule has 1 amide bonds. The van der Waals surface area contributed by atoms with Crippen LogP contribution in [0.25, 0.3) is 0 Å². The van der Waals surface area contributed by atoms with Crippen LogP contribution < -0.4 is 20.1 Å². The first kappa shape index (κ1) is 27.4. The first-order valence-electron chi connectivity index (χ1n) is 9.79. The van der Waals surface area contributed by atoms with Crippen molar-refractivity contribution in [1.29, 1.82) is 0 Å². The smallest absolute Gasteiger partial charge is 0.387 e. The maximum absolute atomic E-state index is 12.5. The minimum atomic E-state index is -2.92. The maximum Gasteiger partial charge on any atom is 0.387 e. The van der Waals surface area contributed by atoms with Gasteiger partial charge in [-0.15, -0.1) is 24.0 Å². The van der Waals surface area contributed by atoms with Crippen LogP contribution in [-0.4, -0.2) is 51.1 Å². The van der Waals surface area contributed by atoms with Crippen molar-refractivity contribution in [2.75, 3.05) is 27.7 Å². The van der Waals surface area contributed by atoms with Crippen LogP contribution in [-0.2, 0) is 13.1 Å². The minimum absolute atomic E-state index is 0. The van der Waals surface area contributed by atoms with Crippen molar-refractivity contribution >= 4 is 35.8 Å². The summed E-state index contributed by atoms with van der Waals surface area (Å²) in [6.45, 7) is 0.109. The molecule has 0 aliphatic rings. The zero-order chi connectivity index (χ0) is 22.8. The number of carbonyl (C=O) groups excluding carboxylic acids is 1. The Kier molecular flexibility index (Phi) is 11.7. The average molecular weight is 562 g/mol. The van der Waals surface area contributed by atoms with Gasteiger partial charge in [0.1, 0.15) is 0 Å². The second-order valence-electron chi connectivity index (χ2n) is 6.77. The van der Waals surface area contributed by atoms with Gasteiger partial charge in [0.15, 0.2) is 17.5 Å². The van der Waals surface area contributed by atoms with Crippen molar-refractivity contribution in [2.24, 2.45) is 4.99 Å². The van der Waals surface area contributed by atoms with Crippen molar-refractivity contribution < 1.29 is 23.0 Å². The number of alkyl halides is 2. The highest BCUT2D eigenvalue weighted by atomic mass is 127. The maximum atomic E-state index is 12.5. The van der Waals surface area contributed by atoms with E-state index in [1.165, 1.54) is 11.0 Å². The first-order valence-corrected chi connectivity index (χ1v) is 9.79. The number of carbonyl (C=O) groups is 1. The molecular weight excluding hydrogens is 533 g/mol. The third-order valence-corrected chi connectivity index (χ3v) is 4.27. The average Bonchev–Trinajstić information content (AvgIpc) is 2.75. The summed E-state index contributed by atoms with van der Waals surface area (Å²) >= 11 is 0. The third-order valence-electron chi connectivity index (χ3n) is 4.27. The van der Waals surface area contributed by atoms with Crippen LogP contribution in [0.5, 0.6) is 11.5 Å². The SMILES string of the molecule is CCOc1cc(CNC(=NC)NCc2ccc(C(=O)N(C)C)cc2)ccc1OC(F)F.I. The van der Waals surface area contributed by atoms with Gasteiger partial charge in [-0.1, -0.05) is 18.2 Å². The molecule has 7 nitrogen and oxygen atoms in total. The highest BCUT2D eigenvalue weighted by molar-refractivity contribution is 14.0. The summed E-state index contributed by atoms with van der Waals surface area (Å²) in [5, 5.41) is 6.36. The number of nitrogens with zero attached hydrogens (tertiary/aromatic N) is 2. The fraction of sp³-hybridized carbons (Fsp3) is 0.364. The van der Waals surface area contributed by atoms with Crippen LogP contribution in [0.15, 0.2) is 47.5 Å². The van der Waals surface area contributed by atoms with Crippen molar-refractivity contribution in [1.82, 2.24) is 15.5 Å². The summed E-state index contributed by atoms with van der Waals surface area (Å²) in [5.74, 6) is 0.782. The van der Waals surface area contributed by atoms with Crippen LogP contribution in [0.3, 0.4) is 0 Å². The second-order valence-corrected chi connectivity index (χ2v) is 6.77. The zero-order valence-corrected chi connectivity index (χ0v) is 20.9. The molecule has 0 aromatic heterocycles. The van der Waals surface area contributed by atoms with E-state index >= 15 is 0 Å². The number of guanidine groups is 1. The van der Waals surface area contributed by atoms with Gasteiger partial charge in [-0.25, -0.2) is 0 Å². The number of nitrogens with one attached hydrogen (secondary N) is 2. The second kappa shape index (κ2) is 13.7. The van der Waals surface area contributed by atoms with E-state index in [0.717, 1.165) is 11.1 Å². The monoisotopic (exact) mass is 562 g/mol. The van der Waals surface area contributed by atoms with Crippen LogP contribution in [0.2, 0.25) is 0 Å². The number of amides is 1. The van der Waals surface area contributed by atoms with Crippen LogP contribution in [0, 0.1) is 0 Å². The quantitative estimate of drug-likeness (QED) is 0.276. The van der Waals surface area contributed by atoms with E-state index < -0.39 is 6.61 Å². The number of hydrogen-bond donors (Lipinski definition) is 2. The molecule has 0 saturated carbocycles. The van der Waals surface area contributed by atoms with Crippen molar-refractivity contribution in [2.45, 2.75) is 26.6 Å². The molecule has 10 heteroatoms. The van der Waals surface area contributed by atoms with Gasteiger partial charge >= 0.3 is 6.61 Å². The van der Waals surface area contributed by atoms with Crippen LogP contribution in [0.1, 0.15) is 28.4 Å². The van der Waals surface area contributed by atoms with Gasteiger partial charge < -0.3 is 25.0 Å². The summed E-state index contributed by atoms with van der Waals surface area (Å²) in [6, 6.07) is 12.1. The molecule has 32 heavy (non-hydrogen) atoms. The molecule has 2 N–H and O–H groups in total. The molecule has 0 saturated heterocycles. The lowest BCUT2D eigenvalue weighted by Crippen LogP contribution is -2.36. The van der Waals surface area contributed by atoms with Crippen molar-refractivity contribution in [3.05, 3.63) is 59.2 Å². The van der Waals surface area contributed by atoms with E-state index in [1.807, 2.05) is 12.1 Å². The summed E-state index contributed by atoms with van der Waals surface area (Å²) in [7, 11) is 5.08. The molecule has 0 spiro atoms. The van der Waals surface area contributed by atoms with E-state index in [-0.39, 0.29) is 41.4 Å². The molecule has 2 aromatic carbocycles. The van der Waals surface area contributed by atoms with Gasteiger partial charge in [-0.05, 0) is 42.3 Å². The molecule has 0 fully saturated rings. The summed E-state index contributed by atoms with van der Waals surface area (Å²) in [5.41, 5.74) is 2.44. The fourth-order valence-corrected chi connectivity index (χ4v) is 2.74. The molecule has 0 atom stereocenters. The third kappa shape index (κ3) is 8.48. The van der Waals surface area contributed by atoms with Gasteiger partial charge in [-0.3, -0.25) is 9.79 Å². The highest BCUT2D eigenvalue weighted by Gasteiger charge is 2.12. The number of ether oxygens (including phenoxy) is 2. The summed E-state index contributed by atoms with van der Waals surface area (Å²) in [4.78, 5) is 17.7. The molecule has 0 aliphatic carbocycles. The highest BCUT2D eigenvalue weighted by Crippen LogP contribution is 2.29. The fourth-order valence-electron chi connectivity index (χ4n) is 2.74. The van der Waals surface area contributed by atoms with Crippen LogP contribution >= 0.6 is 24.0 Å². The standard InChI is InChI=1S/C22H28F2N4O3.HI/c1-5-30-19-12-16(8-11-18(19)31-21(23)24)14-27-22(25-2)26-13-15-6-9-17(10-7-15)20(29)28(3)4;/h6-12,21H,5,13-14H2,1-4H3,(H2,25,26,27);1H. The Balaban J connectivity index is 0.00000512.